The van der Waals surface area contributed by atoms with Crippen LogP contribution in [0, 0.1) is 11.3 Å². The number of carbonyl (C=O) groups is 1. The van der Waals surface area contributed by atoms with Gasteiger partial charge in [-0.1, -0.05) is 24.3 Å². The molecule has 5 nitrogen and oxygen atoms in total. The van der Waals surface area contributed by atoms with Crippen molar-refractivity contribution < 1.29 is 14.3 Å². The van der Waals surface area contributed by atoms with Crippen molar-refractivity contribution in [2.75, 3.05) is 13.7 Å². The molecule has 122 valence electrons. The van der Waals surface area contributed by atoms with E-state index in [-0.39, 0.29) is 18.2 Å². The van der Waals surface area contributed by atoms with Crippen LogP contribution in [-0.4, -0.2) is 25.7 Å². The highest BCUT2D eigenvalue weighted by Gasteiger charge is 2.14. The molecule has 0 aliphatic carbocycles. The molecular formula is C17H19ClN2O3. The van der Waals surface area contributed by atoms with E-state index in [2.05, 4.69) is 11.9 Å². The van der Waals surface area contributed by atoms with E-state index >= 15 is 0 Å². The number of nitrogens with zero attached hydrogens (tertiary/aromatic N) is 1. The first-order valence-corrected chi connectivity index (χ1v) is 7.34. The lowest BCUT2D eigenvalue weighted by Crippen LogP contribution is -2.30. The largest absolute Gasteiger partial charge is 0.493 e. The summed E-state index contributed by atoms with van der Waals surface area (Å²) in [5.41, 5.74) is 0.546. The Hall–Kier alpha value is -2.45. The lowest BCUT2D eigenvalue weighted by atomic mass is 10.1. The molecule has 1 aromatic carbocycles. The van der Waals surface area contributed by atoms with E-state index in [0.717, 1.165) is 0 Å². The predicted molar refractivity (Wildman–Crippen MR) is 90.6 cm³/mol. The number of amides is 1. The van der Waals surface area contributed by atoms with Gasteiger partial charge in [-0.15, -0.1) is 0 Å². The van der Waals surface area contributed by atoms with E-state index in [9.17, 15) is 4.79 Å². The van der Waals surface area contributed by atoms with Gasteiger partial charge in [0.05, 0.1) is 12.1 Å². The van der Waals surface area contributed by atoms with Crippen LogP contribution in [0.15, 0.2) is 30.4 Å². The SMILES string of the molecule is C=CCOc1c(Cl)cc(/C=C(/C#N)C(=O)NC(C)C)cc1OC. The molecule has 0 atom stereocenters. The molecule has 23 heavy (non-hydrogen) atoms. The van der Waals surface area contributed by atoms with Crippen molar-refractivity contribution >= 4 is 23.6 Å². The molecule has 0 saturated carbocycles. The zero-order valence-corrected chi connectivity index (χ0v) is 14.1. The number of nitriles is 1. The van der Waals surface area contributed by atoms with Crippen molar-refractivity contribution in [3.05, 3.63) is 40.9 Å². The van der Waals surface area contributed by atoms with Crippen LogP contribution in [0.4, 0.5) is 0 Å². The van der Waals surface area contributed by atoms with Crippen LogP contribution in [0.3, 0.4) is 0 Å². The second-order valence-corrected chi connectivity index (χ2v) is 5.34. The van der Waals surface area contributed by atoms with E-state index in [1.54, 1.807) is 18.2 Å². The Bertz CT molecular complexity index is 661. The zero-order valence-electron chi connectivity index (χ0n) is 13.4. The Kier molecular flexibility index (Phi) is 7.17. The molecule has 6 heteroatoms. The average Bonchev–Trinajstić information content (AvgIpc) is 2.50. The fourth-order valence-corrected chi connectivity index (χ4v) is 2.03. The van der Waals surface area contributed by atoms with Crippen LogP contribution >= 0.6 is 11.6 Å². The first kappa shape index (κ1) is 18.6. The smallest absolute Gasteiger partial charge is 0.262 e. The second kappa shape index (κ2) is 8.86. The summed E-state index contributed by atoms with van der Waals surface area (Å²) in [4.78, 5) is 11.9. The summed E-state index contributed by atoms with van der Waals surface area (Å²) in [5, 5.41) is 12.1. The molecule has 0 aliphatic rings. The molecular weight excluding hydrogens is 316 g/mol. The molecule has 0 saturated heterocycles. The zero-order chi connectivity index (χ0) is 17.4. The third-order valence-electron chi connectivity index (χ3n) is 2.69. The number of hydrogen-bond donors (Lipinski definition) is 1. The van der Waals surface area contributed by atoms with Crippen molar-refractivity contribution in [3.8, 4) is 17.6 Å². The summed E-state index contributed by atoms with van der Waals surface area (Å²) < 4.78 is 10.7. The summed E-state index contributed by atoms with van der Waals surface area (Å²) in [6, 6.07) is 5.06. The van der Waals surface area contributed by atoms with Gasteiger partial charge in [0.1, 0.15) is 18.2 Å². The first-order chi connectivity index (χ1) is 10.9. The van der Waals surface area contributed by atoms with Gasteiger partial charge in [-0.2, -0.15) is 5.26 Å². The Balaban J connectivity index is 3.20. The number of rotatable bonds is 7. The fraction of sp³-hybridized carbons (Fsp3) is 0.294. The predicted octanol–water partition coefficient (Wildman–Crippen LogP) is 3.34. The molecule has 0 bridgehead atoms. The topological polar surface area (TPSA) is 71.3 Å². The van der Waals surface area contributed by atoms with Crippen LogP contribution in [-0.2, 0) is 4.79 Å². The van der Waals surface area contributed by atoms with Gasteiger partial charge in [0.15, 0.2) is 11.5 Å². The number of halogens is 1. The van der Waals surface area contributed by atoms with Gasteiger partial charge < -0.3 is 14.8 Å². The van der Waals surface area contributed by atoms with Crippen molar-refractivity contribution in [1.82, 2.24) is 5.32 Å². The van der Waals surface area contributed by atoms with Gasteiger partial charge in [-0.25, -0.2) is 0 Å². The standard InChI is InChI=1S/C17H19ClN2O3/c1-5-6-23-16-14(18)8-12(9-15(16)22-4)7-13(10-19)17(21)20-11(2)3/h5,7-9,11H,1,6H2,2-4H3,(H,20,21)/b13-7-. The van der Waals surface area contributed by atoms with Gasteiger partial charge in [-0.3, -0.25) is 4.79 Å². The molecule has 0 aliphatic heterocycles. The number of nitrogens with one attached hydrogen (secondary N) is 1. The molecule has 0 unspecified atom stereocenters. The normalized spacial score (nSPS) is 10.9. The minimum atomic E-state index is -0.440. The van der Waals surface area contributed by atoms with Crippen LogP contribution in [0.5, 0.6) is 11.5 Å². The maximum absolute atomic E-state index is 11.9. The van der Waals surface area contributed by atoms with Crippen molar-refractivity contribution in [2.24, 2.45) is 0 Å². The van der Waals surface area contributed by atoms with Gasteiger partial charge >= 0.3 is 0 Å². The minimum absolute atomic E-state index is 0.0171. The number of carbonyl (C=O) groups excluding carboxylic acids is 1. The van der Waals surface area contributed by atoms with Gasteiger partial charge in [0, 0.05) is 6.04 Å². The van der Waals surface area contributed by atoms with Gasteiger partial charge in [-0.05, 0) is 37.6 Å². The van der Waals surface area contributed by atoms with Crippen LogP contribution in [0.25, 0.3) is 6.08 Å². The number of ether oxygens (including phenoxy) is 2. The van der Waals surface area contributed by atoms with Crippen molar-refractivity contribution in [1.29, 1.82) is 5.26 Å². The lowest BCUT2D eigenvalue weighted by molar-refractivity contribution is -0.117. The fourth-order valence-electron chi connectivity index (χ4n) is 1.76. The van der Waals surface area contributed by atoms with Crippen LogP contribution in [0.1, 0.15) is 19.4 Å². The molecule has 0 heterocycles. The minimum Gasteiger partial charge on any atom is -0.493 e. The maximum Gasteiger partial charge on any atom is 0.262 e. The quantitative estimate of drug-likeness (QED) is 0.471. The van der Waals surface area contributed by atoms with E-state index < -0.39 is 5.91 Å². The van der Waals surface area contributed by atoms with Crippen LogP contribution in [0.2, 0.25) is 5.02 Å². The van der Waals surface area contributed by atoms with Crippen LogP contribution < -0.4 is 14.8 Å². The lowest BCUT2D eigenvalue weighted by Gasteiger charge is -2.12. The summed E-state index contributed by atoms with van der Waals surface area (Å²) in [6.07, 6.45) is 3.04. The Morgan fingerprint density at radius 1 is 1.52 bits per heavy atom. The second-order valence-electron chi connectivity index (χ2n) is 4.93. The highest BCUT2D eigenvalue weighted by Crippen LogP contribution is 2.37. The number of methoxy groups -OCH3 is 1. The number of benzene rings is 1. The Morgan fingerprint density at radius 2 is 2.22 bits per heavy atom. The van der Waals surface area contributed by atoms with E-state index in [4.69, 9.17) is 26.3 Å². The number of hydrogen-bond acceptors (Lipinski definition) is 4. The molecule has 1 rings (SSSR count). The molecule has 1 amide bonds. The van der Waals surface area contributed by atoms with E-state index in [0.29, 0.717) is 22.1 Å². The third-order valence-corrected chi connectivity index (χ3v) is 2.97. The van der Waals surface area contributed by atoms with Gasteiger partial charge in [0.2, 0.25) is 0 Å². The molecule has 0 spiro atoms. The highest BCUT2D eigenvalue weighted by molar-refractivity contribution is 6.32. The summed E-state index contributed by atoms with van der Waals surface area (Å²) >= 11 is 6.19. The average molecular weight is 335 g/mol. The molecule has 0 fully saturated rings. The highest BCUT2D eigenvalue weighted by atomic mass is 35.5. The summed E-state index contributed by atoms with van der Waals surface area (Å²) in [5.74, 6) is 0.355. The first-order valence-electron chi connectivity index (χ1n) is 6.96. The monoisotopic (exact) mass is 334 g/mol. The van der Waals surface area contributed by atoms with E-state index in [1.807, 2.05) is 19.9 Å². The summed E-state index contributed by atoms with van der Waals surface area (Å²) in [6.45, 7) is 7.49. The van der Waals surface area contributed by atoms with E-state index in [1.165, 1.54) is 13.2 Å². The van der Waals surface area contributed by atoms with Crippen molar-refractivity contribution in [2.45, 2.75) is 19.9 Å². The molecule has 0 radical (unpaired) electrons. The summed E-state index contributed by atoms with van der Waals surface area (Å²) in [7, 11) is 1.48. The molecule has 1 N–H and O–H groups in total. The third kappa shape index (κ3) is 5.35. The Morgan fingerprint density at radius 3 is 2.74 bits per heavy atom. The van der Waals surface area contributed by atoms with Crippen molar-refractivity contribution in [3.63, 3.8) is 0 Å². The molecule has 1 aromatic rings. The molecule has 0 aromatic heterocycles. The van der Waals surface area contributed by atoms with Gasteiger partial charge in [0.25, 0.3) is 5.91 Å². The maximum atomic E-state index is 11.9. The Labute approximate surface area is 141 Å².